The summed E-state index contributed by atoms with van der Waals surface area (Å²) < 4.78 is 6.36. The molecule has 2 aromatic heterocycles. The highest BCUT2D eigenvalue weighted by Crippen LogP contribution is 2.41. The Morgan fingerprint density at radius 3 is 2.41 bits per heavy atom. The Labute approximate surface area is 243 Å². The Kier molecular flexibility index (Phi) is 7.45. The molecule has 2 heterocycles. The van der Waals surface area contributed by atoms with Crippen LogP contribution >= 0.6 is 0 Å². The molecular formula is C38H38N2O. The number of para-hydroxylation sites is 1. The van der Waals surface area contributed by atoms with Gasteiger partial charge in [-0.25, -0.2) is 0 Å². The number of furan rings is 1. The van der Waals surface area contributed by atoms with Gasteiger partial charge in [0.2, 0.25) is 0 Å². The fourth-order valence-electron chi connectivity index (χ4n) is 6.70. The first kappa shape index (κ1) is 27.0. The lowest BCUT2D eigenvalue weighted by molar-refractivity contribution is 0.374. The molecule has 0 spiro atoms. The summed E-state index contributed by atoms with van der Waals surface area (Å²) in [6.07, 6.45) is 12.3. The molecule has 1 fully saturated rings. The second-order valence-electron chi connectivity index (χ2n) is 11.4. The molecule has 6 rings (SSSR count). The molecule has 0 atom stereocenters. The number of aromatic nitrogens is 1. The number of pyridine rings is 1. The second kappa shape index (κ2) is 11.3. The SMILES string of the molecule is CN=C(/C=C\C=C(/C)c1c(C)ccc2c1oc1ccccc12)C1(c2cccc(-c3ccccc3C)n2)CCCCC1. The molecule has 5 aromatic rings. The van der Waals surface area contributed by atoms with Crippen molar-refractivity contribution in [1.82, 2.24) is 4.98 Å². The standard InChI is InChI=1S/C38H38N2O/c1-26-14-6-7-16-29(26)32-18-13-21-35(40-32)38(24-10-5-11-25-38)34(39-4)20-12-15-27(2)36-28(3)22-23-31-30-17-8-9-19-33(30)41-37(31)36/h6-9,12-23H,5,10-11,24-25H2,1-4H3/b20-12-,27-15+,39-34?. The number of allylic oxidation sites excluding steroid dienone is 4. The molecule has 41 heavy (non-hydrogen) atoms. The van der Waals surface area contributed by atoms with Crippen LogP contribution in [-0.2, 0) is 5.41 Å². The van der Waals surface area contributed by atoms with Gasteiger partial charge in [0.25, 0.3) is 0 Å². The zero-order valence-electron chi connectivity index (χ0n) is 24.6. The first-order valence-corrected chi connectivity index (χ1v) is 14.8. The number of benzene rings is 3. The van der Waals surface area contributed by atoms with Gasteiger partial charge in [-0.05, 0) is 74.6 Å². The van der Waals surface area contributed by atoms with Crippen molar-refractivity contribution in [2.24, 2.45) is 4.99 Å². The Bertz CT molecular complexity index is 1810. The lowest BCUT2D eigenvalue weighted by Gasteiger charge is -2.37. The quantitative estimate of drug-likeness (QED) is 0.159. The molecule has 3 nitrogen and oxygen atoms in total. The molecule has 0 bridgehead atoms. The summed E-state index contributed by atoms with van der Waals surface area (Å²) >= 11 is 0. The number of fused-ring (bicyclic) bond motifs is 3. The molecule has 1 saturated carbocycles. The van der Waals surface area contributed by atoms with Crippen LogP contribution in [0, 0.1) is 13.8 Å². The largest absolute Gasteiger partial charge is 0.455 e. The van der Waals surface area contributed by atoms with Crippen molar-refractivity contribution >= 4 is 33.2 Å². The smallest absolute Gasteiger partial charge is 0.143 e. The van der Waals surface area contributed by atoms with Gasteiger partial charge >= 0.3 is 0 Å². The van der Waals surface area contributed by atoms with Crippen LogP contribution in [0.25, 0.3) is 38.8 Å². The van der Waals surface area contributed by atoms with Crippen LogP contribution in [0.4, 0.5) is 0 Å². The zero-order chi connectivity index (χ0) is 28.4. The van der Waals surface area contributed by atoms with E-state index in [1.165, 1.54) is 47.1 Å². The van der Waals surface area contributed by atoms with Crippen LogP contribution in [-0.4, -0.2) is 17.7 Å². The van der Waals surface area contributed by atoms with E-state index in [-0.39, 0.29) is 5.41 Å². The number of hydrogen-bond acceptors (Lipinski definition) is 3. The Morgan fingerprint density at radius 2 is 1.61 bits per heavy atom. The van der Waals surface area contributed by atoms with Gasteiger partial charge in [-0.1, -0.05) is 92.1 Å². The highest BCUT2D eigenvalue weighted by Gasteiger charge is 2.39. The highest BCUT2D eigenvalue weighted by molar-refractivity contribution is 6.08. The van der Waals surface area contributed by atoms with Crippen LogP contribution in [0.3, 0.4) is 0 Å². The molecule has 1 aliphatic rings. The third-order valence-electron chi connectivity index (χ3n) is 8.85. The van der Waals surface area contributed by atoms with E-state index in [0.29, 0.717) is 0 Å². The van der Waals surface area contributed by atoms with E-state index in [9.17, 15) is 0 Å². The maximum atomic E-state index is 6.36. The minimum atomic E-state index is -0.182. The first-order chi connectivity index (χ1) is 20.0. The van der Waals surface area contributed by atoms with Crippen LogP contribution in [0.2, 0.25) is 0 Å². The number of aryl methyl sites for hydroxylation is 2. The lowest BCUT2D eigenvalue weighted by atomic mass is 9.68. The van der Waals surface area contributed by atoms with Gasteiger partial charge in [0.1, 0.15) is 11.2 Å². The number of nitrogens with zero attached hydrogens (tertiary/aromatic N) is 2. The van der Waals surface area contributed by atoms with Gasteiger partial charge in [-0.2, -0.15) is 0 Å². The van der Waals surface area contributed by atoms with Crippen LogP contribution in [0.15, 0.2) is 107 Å². The van der Waals surface area contributed by atoms with Crippen molar-refractivity contribution in [1.29, 1.82) is 0 Å². The molecule has 1 aliphatic carbocycles. The van der Waals surface area contributed by atoms with E-state index in [4.69, 9.17) is 14.4 Å². The predicted molar refractivity (Wildman–Crippen MR) is 174 cm³/mol. The number of hydrogen-bond donors (Lipinski definition) is 0. The Hall–Kier alpha value is -4.24. The Morgan fingerprint density at radius 1 is 0.829 bits per heavy atom. The maximum absolute atomic E-state index is 6.36. The molecule has 206 valence electrons. The lowest BCUT2D eigenvalue weighted by Crippen LogP contribution is -2.38. The highest BCUT2D eigenvalue weighted by atomic mass is 16.3. The third-order valence-corrected chi connectivity index (χ3v) is 8.85. The summed E-state index contributed by atoms with van der Waals surface area (Å²) in [6.45, 7) is 6.49. The van der Waals surface area contributed by atoms with Gasteiger partial charge in [0.05, 0.1) is 16.8 Å². The first-order valence-electron chi connectivity index (χ1n) is 14.8. The Balaban J connectivity index is 1.37. The van der Waals surface area contributed by atoms with Crippen molar-refractivity contribution in [2.75, 3.05) is 7.05 Å². The fourth-order valence-corrected chi connectivity index (χ4v) is 6.70. The van der Waals surface area contributed by atoms with Crippen molar-refractivity contribution in [2.45, 2.75) is 58.3 Å². The van der Waals surface area contributed by atoms with E-state index in [1.54, 1.807) is 0 Å². The monoisotopic (exact) mass is 538 g/mol. The molecular weight excluding hydrogens is 500 g/mol. The molecule has 0 N–H and O–H groups in total. The number of aliphatic imine (C=N–C) groups is 1. The summed E-state index contributed by atoms with van der Waals surface area (Å²) in [4.78, 5) is 10.2. The minimum Gasteiger partial charge on any atom is -0.455 e. The van der Waals surface area contributed by atoms with Crippen molar-refractivity contribution in [3.05, 3.63) is 119 Å². The topological polar surface area (TPSA) is 38.4 Å². The normalized spacial score (nSPS) is 16.2. The molecule has 3 aromatic carbocycles. The van der Waals surface area contributed by atoms with Gasteiger partial charge in [0.15, 0.2) is 0 Å². The second-order valence-corrected chi connectivity index (χ2v) is 11.4. The maximum Gasteiger partial charge on any atom is 0.143 e. The van der Waals surface area contributed by atoms with E-state index < -0.39 is 0 Å². The zero-order valence-corrected chi connectivity index (χ0v) is 24.6. The van der Waals surface area contributed by atoms with Crippen molar-refractivity contribution in [3.8, 4) is 11.3 Å². The van der Waals surface area contributed by atoms with Crippen LogP contribution in [0.5, 0.6) is 0 Å². The van der Waals surface area contributed by atoms with Gasteiger partial charge in [-0.3, -0.25) is 9.98 Å². The van der Waals surface area contributed by atoms with E-state index in [1.807, 2.05) is 19.2 Å². The molecule has 3 heteroatoms. The average Bonchev–Trinajstić information content (AvgIpc) is 3.38. The molecule has 0 unspecified atom stereocenters. The molecule has 0 radical (unpaired) electrons. The van der Waals surface area contributed by atoms with E-state index in [2.05, 4.69) is 106 Å². The van der Waals surface area contributed by atoms with Crippen molar-refractivity contribution < 1.29 is 4.42 Å². The van der Waals surface area contributed by atoms with Gasteiger partial charge in [-0.15, -0.1) is 0 Å². The van der Waals surface area contributed by atoms with E-state index >= 15 is 0 Å². The summed E-state index contributed by atoms with van der Waals surface area (Å²) in [5.41, 5.74) is 11.0. The average molecular weight is 539 g/mol. The summed E-state index contributed by atoms with van der Waals surface area (Å²) in [6, 6.07) is 27.7. The van der Waals surface area contributed by atoms with Crippen LogP contribution < -0.4 is 0 Å². The summed E-state index contributed by atoms with van der Waals surface area (Å²) in [7, 11) is 1.93. The minimum absolute atomic E-state index is 0.182. The van der Waals surface area contributed by atoms with Gasteiger partial charge < -0.3 is 4.42 Å². The fraction of sp³-hybridized carbons (Fsp3) is 0.263. The van der Waals surface area contributed by atoms with Crippen LogP contribution in [0.1, 0.15) is 61.4 Å². The summed E-state index contributed by atoms with van der Waals surface area (Å²) in [5, 5.41) is 2.32. The molecule has 0 saturated heterocycles. The predicted octanol–water partition coefficient (Wildman–Crippen LogP) is 10.2. The van der Waals surface area contributed by atoms with E-state index in [0.717, 1.165) is 51.9 Å². The summed E-state index contributed by atoms with van der Waals surface area (Å²) in [5.74, 6) is 0. The third kappa shape index (κ3) is 4.95. The number of rotatable bonds is 6. The molecule has 0 aliphatic heterocycles. The molecule has 0 amide bonds. The van der Waals surface area contributed by atoms with Crippen molar-refractivity contribution in [3.63, 3.8) is 0 Å². The van der Waals surface area contributed by atoms with Gasteiger partial charge in [0, 0.05) is 34.7 Å².